The van der Waals surface area contributed by atoms with Gasteiger partial charge >= 0.3 is 0 Å². The number of piperazine rings is 1. The maximum Gasteiger partial charge on any atom is 0.194 e. The molecule has 1 aliphatic rings. The first-order valence-corrected chi connectivity index (χ1v) is 12.6. The number of rotatable bonds is 10. The molecule has 0 spiro atoms. The minimum atomic E-state index is -0.897. The number of nitrogens with zero attached hydrogens (tertiary/aromatic N) is 3. The lowest BCUT2D eigenvalue weighted by atomic mass is 10.2. The Hall–Kier alpha value is -1.65. The van der Waals surface area contributed by atoms with Crippen molar-refractivity contribution < 1.29 is 8.95 Å². The Morgan fingerprint density at radius 3 is 2.34 bits per heavy atom. The van der Waals surface area contributed by atoms with Crippen LogP contribution in [0.5, 0.6) is 5.75 Å². The number of aliphatic imine (C=N–C) groups is 1. The summed E-state index contributed by atoms with van der Waals surface area (Å²) < 4.78 is 18.2. The Morgan fingerprint density at radius 2 is 1.69 bits per heavy atom. The molecule has 3 rings (SSSR count). The third kappa shape index (κ3) is 9.46. The molecule has 1 aliphatic heterocycles. The molecule has 0 amide bonds. The van der Waals surface area contributed by atoms with Gasteiger partial charge in [-0.3, -0.25) is 14.1 Å². The van der Waals surface area contributed by atoms with Gasteiger partial charge in [0.15, 0.2) is 5.96 Å². The first-order valence-electron chi connectivity index (χ1n) is 11.1. The Bertz CT molecular complexity index is 815. The molecule has 0 aromatic heterocycles. The van der Waals surface area contributed by atoms with Crippen LogP contribution in [-0.2, 0) is 16.6 Å². The lowest BCUT2D eigenvalue weighted by molar-refractivity contribution is 0.152. The maximum atomic E-state index is 12.4. The van der Waals surface area contributed by atoms with Crippen molar-refractivity contribution in [3.05, 3.63) is 66.2 Å². The number of hydrogen-bond donors (Lipinski definition) is 1. The largest absolute Gasteiger partial charge is 0.492 e. The summed E-state index contributed by atoms with van der Waals surface area (Å²) in [5, 5.41) is 3.39. The van der Waals surface area contributed by atoms with Gasteiger partial charge < -0.3 is 15.0 Å². The van der Waals surface area contributed by atoms with Crippen LogP contribution in [0.4, 0.5) is 0 Å². The smallest absolute Gasteiger partial charge is 0.194 e. The average Bonchev–Trinajstić information content (AvgIpc) is 2.80. The molecule has 32 heavy (non-hydrogen) atoms. The van der Waals surface area contributed by atoms with Gasteiger partial charge in [0.2, 0.25) is 0 Å². The lowest BCUT2D eigenvalue weighted by Crippen LogP contribution is -2.53. The van der Waals surface area contributed by atoms with Crippen LogP contribution in [0.15, 0.2) is 65.7 Å². The second-order valence-corrected chi connectivity index (χ2v) is 9.08. The Morgan fingerprint density at radius 1 is 1.03 bits per heavy atom. The van der Waals surface area contributed by atoms with Crippen molar-refractivity contribution in [3.63, 3.8) is 0 Å². The van der Waals surface area contributed by atoms with Crippen molar-refractivity contribution >= 4 is 40.7 Å². The van der Waals surface area contributed by atoms with E-state index in [0.717, 1.165) is 56.5 Å². The summed E-state index contributed by atoms with van der Waals surface area (Å²) in [5.74, 6) is 3.03. The van der Waals surface area contributed by atoms with E-state index in [0.29, 0.717) is 24.7 Å². The normalized spacial score (nSPS) is 15.7. The zero-order chi connectivity index (χ0) is 21.7. The number of benzene rings is 2. The minimum absolute atomic E-state index is 0. The zero-order valence-electron chi connectivity index (χ0n) is 18.8. The van der Waals surface area contributed by atoms with Crippen molar-refractivity contribution in [2.45, 2.75) is 12.7 Å². The standard InChI is InChI=1S/C24H34N4O2S.HI/c1-2-25-24(26-13-20-31(29)21-22-9-5-3-6-10-22)28-16-14-27(15-17-28)18-19-30-23-11-7-4-8-12-23;/h3-12H,2,13-21H2,1H3,(H,25,26);1H. The van der Waals surface area contributed by atoms with Crippen LogP contribution in [0, 0.1) is 0 Å². The predicted octanol–water partition coefficient (Wildman–Crippen LogP) is 3.22. The van der Waals surface area contributed by atoms with Gasteiger partial charge in [-0.05, 0) is 24.6 Å². The maximum absolute atomic E-state index is 12.4. The molecule has 6 nitrogen and oxygen atoms in total. The highest BCUT2D eigenvalue weighted by molar-refractivity contribution is 14.0. The Balaban J connectivity index is 0.00000363. The molecular formula is C24H35IN4O2S. The van der Waals surface area contributed by atoms with E-state index in [4.69, 9.17) is 9.73 Å². The van der Waals surface area contributed by atoms with Crippen LogP contribution in [-0.4, -0.2) is 78.1 Å². The number of ether oxygens (including phenoxy) is 1. The van der Waals surface area contributed by atoms with Crippen molar-refractivity contribution in [2.75, 3.05) is 58.2 Å². The van der Waals surface area contributed by atoms with Crippen LogP contribution in [0.2, 0.25) is 0 Å². The molecule has 1 saturated heterocycles. The van der Waals surface area contributed by atoms with Crippen LogP contribution in [0.25, 0.3) is 0 Å². The number of nitrogens with one attached hydrogen (secondary N) is 1. The fourth-order valence-electron chi connectivity index (χ4n) is 3.50. The molecule has 0 radical (unpaired) electrons. The van der Waals surface area contributed by atoms with E-state index in [1.807, 2.05) is 60.7 Å². The Kier molecular flexibility index (Phi) is 12.7. The summed E-state index contributed by atoms with van der Waals surface area (Å²) in [7, 11) is -0.897. The van der Waals surface area contributed by atoms with Gasteiger partial charge in [0, 0.05) is 61.6 Å². The summed E-state index contributed by atoms with van der Waals surface area (Å²) in [5.41, 5.74) is 1.11. The topological polar surface area (TPSA) is 57.2 Å². The van der Waals surface area contributed by atoms with Crippen LogP contribution >= 0.6 is 24.0 Å². The molecule has 0 aliphatic carbocycles. The minimum Gasteiger partial charge on any atom is -0.492 e. The highest BCUT2D eigenvalue weighted by Gasteiger charge is 2.19. The van der Waals surface area contributed by atoms with Gasteiger partial charge in [0.1, 0.15) is 12.4 Å². The van der Waals surface area contributed by atoms with E-state index in [1.165, 1.54) is 0 Å². The predicted molar refractivity (Wildman–Crippen MR) is 144 cm³/mol. The lowest BCUT2D eigenvalue weighted by Gasteiger charge is -2.36. The molecule has 1 unspecified atom stereocenters. The van der Waals surface area contributed by atoms with Gasteiger partial charge in [-0.2, -0.15) is 0 Å². The fourth-order valence-corrected chi connectivity index (χ4v) is 4.51. The number of guanidine groups is 1. The summed E-state index contributed by atoms with van der Waals surface area (Å²) in [6, 6.07) is 20.0. The van der Waals surface area contributed by atoms with E-state index >= 15 is 0 Å². The highest BCUT2D eigenvalue weighted by Crippen LogP contribution is 2.09. The molecule has 0 bridgehead atoms. The number of para-hydroxylation sites is 1. The SMILES string of the molecule is CCNC(=NCCS(=O)Cc1ccccc1)N1CCN(CCOc2ccccc2)CC1.I. The monoisotopic (exact) mass is 570 g/mol. The van der Waals surface area contributed by atoms with Crippen molar-refractivity contribution in [1.82, 2.24) is 15.1 Å². The molecule has 1 heterocycles. The number of hydrogen-bond acceptors (Lipinski definition) is 4. The molecule has 1 N–H and O–H groups in total. The second-order valence-electron chi connectivity index (χ2n) is 7.50. The molecular weight excluding hydrogens is 535 g/mol. The van der Waals surface area contributed by atoms with Gasteiger partial charge in [0.25, 0.3) is 0 Å². The van der Waals surface area contributed by atoms with E-state index in [9.17, 15) is 4.21 Å². The highest BCUT2D eigenvalue weighted by atomic mass is 127. The number of halogens is 1. The van der Waals surface area contributed by atoms with Gasteiger partial charge in [-0.15, -0.1) is 24.0 Å². The van der Waals surface area contributed by atoms with Crippen LogP contribution in [0.3, 0.4) is 0 Å². The van der Waals surface area contributed by atoms with Gasteiger partial charge in [0.05, 0.1) is 6.54 Å². The third-order valence-corrected chi connectivity index (χ3v) is 6.47. The average molecular weight is 571 g/mol. The van der Waals surface area contributed by atoms with Gasteiger partial charge in [-0.25, -0.2) is 0 Å². The molecule has 1 atom stereocenters. The van der Waals surface area contributed by atoms with Gasteiger partial charge in [-0.1, -0.05) is 48.5 Å². The molecule has 0 saturated carbocycles. The van der Waals surface area contributed by atoms with Crippen LogP contribution < -0.4 is 10.1 Å². The molecule has 2 aromatic rings. The molecule has 8 heteroatoms. The quantitative estimate of drug-likeness (QED) is 0.270. The first kappa shape index (κ1) is 26.6. The Labute approximate surface area is 211 Å². The summed E-state index contributed by atoms with van der Waals surface area (Å²) in [4.78, 5) is 9.47. The summed E-state index contributed by atoms with van der Waals surface area (Å²) in [6.07, 6.45) is 0. The molecule has 176 valence electrons. The second kappa shape index (κ2) is 15.2. The van der Waals surface area contributed by atoms with Crippen molar-refractivity contribution in [1.29, 1.82) is 0 Å². The molecule has 1 fully saturated rings. The summed E-state index contributed by atoms with van der Waals surface area (Å²) in [6.45, 7) is 8.96. The van der Waals surface area contributed by atoms with Crippen molar-refractivity contribution in [2.24, 2.45) is 4.99 Å². The fraction of sp³-hybridized carbons (Fsp3) is 0.458. The van der Waals surface area contributed by atoms with E-state index in [1.54, 1.807) is 0 Å². The van der Waals surface area contributed by atoms with Crippen molar-refractivity contribution in [3.8, 4) is 5.75 Å². The first-order chi connectivity index (χ1) is 15.2. The molecule has 2 aromatic carbocycles. The van der Waals surface area contributed by atoms with E-state index < -0.39 is 10.8 Å². The van der Waals surface area contributed by atoms with E-state index in [-0.39, 0.29) is 24.0 Å². The van der Waals surface area contributed by atoms with E-state index in [2.05, 4.69) is 22.0 Å². The van der Waals surface area contributed by atoms with Crippen LogP contribution in [0.1, 0.15) is 12.5 Å². The zero-order valence-corrected chi connectivity index (χ0v) is 22.0. The third-order valence-electron chi connectivity index (χ3n) is 5.18. The summed E-state index contributed by atoms with van der Waals surface area (Å²) >= 11 is 0.